The minimum Gasteiger partial charge on any atom is -0.488 e. The van der Waals surface area contributed by atoms with E-state index in [1.807, 2.05) is 13.0 Å². The molecule has 0 aliphatic rings. The van der Waals surface area contributed by atoms with Crippen LogP contribution in [0.5, 0.6) is 5.75 Å². The van der Waals surface area contributed by atoms with Crippen molar-refractivity contribution in [1.29, 1.82) is 0 Å². The van der Waals surface area contributed by atoms with Crippen molar-refractivity contribution in [1.82, 2.24) is 0 Å². The molecule has 20 heavy (non-hydrogen) atoms. The van der Waals surface area contributed by atoms with Gasteiger partial charge in [0.25, 0.3) is 0 Å². The summed E-state index contributed by atoms with van der Waals surface area (Å²) >= 11 is 5.88. The zero-order chi connectivity index (χ0) is 14.7. The molecule has 0 radical (unpaired) electrons. The van der Waals surface area contributed by atoms with E-state index in [0.717, 1.165) is 11.6 Å². The Kier molecular flexibility index (Phi) is 4.25. The third kappa shape index (κ3) is 3.27. The van der Waals surface area contributed by atoms with Gasteiger partial charge in [0.15, 0.2) is 0 Å². The molecule has 0 aromatic heterocycles. The second-order valence-electron chi connectivity index (χ2n) is 4.37. The molecule has 5 heteroatoms. The fraction of sp³-hybridized carbons (Fsp3) is 0.133. The zero-order valence-electron chi connectivity index (χ0n) is 10.8. The molecule has 0 fully saturated rings. The van der Waals surface area contributed by atoms with Crippen LogP contribution in [-0.4, -0.2) is 5.91 Å². The molecular formula is C15H13ClFNO2. The molecular weight excluding hydrogens is 281 g/mol. The lowest BCUT2D eigenvalue weighted by Crippen LogP contribution is -2.11. The van der Waals surface area contributed by atoms with Gasteiger partial charge in [-0.2, -0.15) is 0 Å². The minimum atomic E-state index is -0.665. The average molecular weight is 294 g/mol. The molecule has 3 nitrogen and oxygen atoms in total. The Hall–Kier alpha value is -2.07. The van der Waals surface area contributed by atoms with E-state index < -0.39 is 11.7 Å². The molecule has 0 saturated heterocycles. The predicted octanol–water partition coefficient (Wildman–Crippen LogP) is 3.47. The van der Waals surface area contributed by atoms with E-state index in [9.17, 15) is 9.18 Å². The van der Waals surface area contributed by atoms with Gasteiger partial charge in [0.1, 0.15) is 18.2 Å². The molecule has 0 saturated carbocycles. The fourth-order valence-corrected chi connectivity index (χ4v) is 1.86. The van der Waals surface area contributed by atoms with E-state index in [-0.39, 0.29) is 12.2 Å². The van der Waals surface area contributed by atoms with Crippen molar-refractivity contribution in [2.75, 3.05) is 0 Å². The monoisotopic (exact) mass is 293 g/mol. The number of ether oxygens (including phenoxy) is 1. The van der Waals surface area contributed by atoms with Crippen molar-refractivity contribution in [3.63, 3.8) is 0 Å². The zero-order valence-corrected chi connectivity index (χ0v) is 11.6. The molecule has 104 valence electrons. The molecule has 0 unspecified atom stereocenters. The molecule has 0 spiro atoms. The summed E-state index contributed by atoms with van der Waals surface area (Å²) in [5.74, 6) is -0.598. The van der Waals surface area contributed by atoms with Gasteiger partial charge in [0.2, 0.25) is 5.91 Å². The Morgan fingerprint density at radius 1 is 1.30 bits per heavy atom. The highest BCUT2D eigenvalue weighted by molar-refractivity contribution is 6.30. The van der Waals surface area contributed by atoms with Gasteiger partial charge < -0.3 is 10.5 Å². The van der Waals surface area contributed by atoms with Gasteiger partial charge in [-0.05, 0) is 36.8 Å². The van der Waals surface area contributed by atoms with Gasteiger partial charge in [0, 0.05) is 16.1 Å². The van der Waals surface area contributed by atoms with Gasteiger partial charge in [-0.25, -0.2) is 4.39 Å². The van der Waals surface area contributed by atoms with E-state index in [1.54, 1.807) is 12.1 Å². The minimum absolute atomic E-state index is 0.0477. The molecule has 0 heterocycles. The molecule has 0 aliphatic carbocycles. The van der Waals surface area contributed by atoms with Gasteiger partial charge >= 0.3 is 0 Å². The van der Waals surface area contributed by atoms with E-state index in [0.29, 0.717) is 16.3 Å². The number of hydrogen-bond donors (Lipinski definition) is 1. The van der Waals surface area contributed by atoms with Crippen molar-refractivity contribution in [3.05, 3.63) is 63.9 Å². The van der Waals surface area contributed by atoms with Crippen LogP contribution in [0.2, 0.25) is 5.02 Å². The van der Waals surface area contributed by atoms with Gasteiger partial charge in [-0.15, -0.1) is 0 Å². The van der Waals surface area contributed by atoms with Crippen LogP contribution in [0.4, 0.5) is 4.39 Å². The van der Waals surface area contributed by atoms with Crippen molar-refractivity contribution in [3.8, 4) is 5.75 Å². The number of rotatable bonds is 4. The third-order valence-electron chi connectivity index (χ3n) is 2.87. The summed E-state index contributed by atoms with van der Waals surface area (Å²) in [4.78, 5) is 10.9. The molecule has 1 amide bonds. The maximum Gasteiger partial charge on any atom is 0.248 e. The number of amides is 1. The maximum absolute atomic E-state index is 13.8. The Balaban J connectivity index is 2.15. The Labute approximate surface area is 121 Å². The van der Waals surface area contributed by atoms with E-state index in [1.165, 1.54) is 12.1 Å². The van der Waals surface area contributed by atoms with Crippen molar-refractivity contribution < 1.29 is 13.9 Å². The van der Waals surface area contributed by atoms with Crippen molar-refractivity contribution >= 4 is 17.5 Å². The summed E-state index contributed by atoms with van der Waals surface area (Å²) in [5, 5.41) is 0.551. The second-order valence-corrected chi connectivity index (χ2v) is 4.81. The molecule has 2 N–H and O–H groups in total. The number of nitrogens with two attached hydrogens (primary N) is 1. The SMILES string of the molecule is Cc1ccc(Cl)cc1OCc1ccc(C(N)=O)cc1F. The van der Waals surface area contributed by atoms with Crippen molar-refractivity contribution in [2.45, 2.75) is 13.5 Å². The molecule has 2 aromatic carbocycles. The summed E-state index contributed by atoms with van der Waals surface area (Å²) in [6, 6.07) is 9.30. The Morgan fingerprint density at radius 2 is 2.05 bits per heavy atom. The molecule has 2 rings (SSSR count). The number of carbonyl (C=O) groups excluding carboxylic acids is 1. The number of hydrogen-bond acceptors (Lipinski definition) is 2. The standard InChI is InChI=1S/C15H13ClFNO2/c1-9-2-5-12(16)7-14(9)20-8-11-4-3-10(15(18)19)6-13(11)17/h2-7H,8H2,1H3,(H2,18,19). The van der Waals surface area contributed by atoms with Crippen molar-refractivity contribution in [2.24, 2.45) is 5.73 Å². The van der Waals surface area contributed by atoms with Gasteiger partial charge in [-0.3, -0.25) is 4.79 Å². The van der Waals surface area contributed by atoms with Gasteiger partial charge in [-0.1, -0.05) is 23.7 Å². The summed E-state index contributed by atoms with van der Waals surface area (Å²) in [7, 11) is 0. The first-order valence-electron chi connectivity index (χ1n) is 5.94. The lowest BCUT2D eigenvalue weighted by Gasteiger charge is -2.10. The topological polar surface area (TPSA) is 52.3 Å². The summed E-state index contributed by atoms with van der Waals surface area (Å²) in [6.45, 7) is 1.92. The Bertz CT molecular complexity index is 658. The Morgan fingerprint density at radius 3 is 2.70 bits per heavy atom. The summed E-state index contributed by atoms with van der Waals surface area (Å²) in [5.41, 5.74) is 6.46. The highest BCUT2D eigenvalue weighted by Gasteiger charge is 2.08. The number of carbonyl (C=O) groups is 1. The van der Waals surface area contributed by atoms with Crippen LogP contribution < -0.4 is 10.5 Å². The first-order valence-corrected chi connectivity index (χ1v) is 6.32. The fourth-order valence-electron chi connectivity index (χ4n) is 1.70. The quantitative estimate of drug-likeness (QED) is 0.938. The number of halogens is 2. The first kappa shape index (κ1) is 14.3. The third-order valence-corrected chi connectivity index (χ3v) is 3.11. The normalized spacial score (nSPS) is 10.3. The summed E-state index contributed by atoms with van der Waals surface area (Å²) < 4.78 is 19.3. The summed E-state index contributed by atoms with van der Waals surface area (Å²) in [6.07, 6.45) is 0. The number of primary amides is 1. The van der Waals surface area contributed by atoms with Crippen LogP contribution in [0.1, 0.15) is 21.5 Å². The predicted molar refractivity (Wildman–Crippen MR) is 75.4 cm³/mol. The maximum atomic E-state index is 13.8. The molecule has 0 bridgehead atoms. The first-order chi connectivity index (χ1) is 9.47. The number of benzene rings is 2. The lowest BCUT2D eigenvalue weighted by molar-refractivity contribution is 0.0999. The largest absolute Gasteiger partial charge is 0.488 e. The number of aryl methyl sites for hydroxylation is 1. The van der Waals surface area contributed by atoms with E-state index >= 15 is 0 Å². The highest BCUT2D eigenvalue weighted by atomic mass is 35.5. The highest BCUT2D eigenvalue weighted by Crippen LogP contribution is 2.24. The lowest BCUT2D eigenvalue weighted by atomic mass is 10.1. The smallest absolute Gasteiger partial charge is 0.248 e. The van der Waals surface area contributed by atoms with Crippen LogP contribution in [0.3, 0.4) is 0 Å². The van der Waals surface area contributed by atoms with Crippen LogP contribution >= 0.6 is 11.6 Å². The van der Waals surface area contributed by atoms with Crippen LogP contribution in [0.25, 0.3) is 0 Å². The van der Waals surface area contributed by atoms with E-state index in [4.69, 9.17) is 22.1 Å². The molecule has 2 aromatic rings. The molecule has 0 aliphatic heterocycles. The van der Waals surface area contributed by atoms with Crippen LogP contribution in [0.15, 0.2) is 36.4 Å². The van der Waals surface area contributed by atoms with Crippen LogP contribution in [-0.2, 0) is 6.61 Å². The average Bonchev–Trinajstić information content (AvgIpc) is 2.40. The van der Waals surface area contributed by atoms with Crippen LogP contribution in [0, 0.1) is 12.7 Å². The molecule has 0 atom stereocenters. The van der Waals surface area contributed by atoms with Gasteiger partial charge in [0.05, 0.1) is 0 Å². The second kappa shape index (κ2) is 5.92. The van der Waals surface area contributed by atoms with E-state index in [2.05, 4.69) is 0 Å².